The van der Waals surface area contributed by atoms with Gasteiger partial charge in [-0.05, 0) is 37.1 Å². The summed E-state index contributed by atoms with van der Waals surface area (Å²) in [5, 5.41) is 1.26. The average Bonchev–Trinajstić information content (AvgIpc) is 2.50. The first-order chi connectivity index (χ1) is 10.1. The van der Waals surface area contributed by atoms with E-state index in [0.29, 0.717) is 16.0 Å². The number of nitrogens with zero attached hydrogens (tertiary/aromatic N) is 3. The lowest BCUT2D eigenvalue weighted by Gasteiger charge is -2.30. The maximum atomic E-state index is 6.24. The summed E-state index contributed by atoms with van der Waals surface area (Å²) in [6, 6.07) is 7.38. The lowest BCUT2D eigenvalue weighted by molar-refractivity contribution is 0.500. The molecule has 3 rings (SSSR count). The fourth-order valence-electron chi connectivity index (χ4n) is 2.54. The predicted molar refractivity (Wildman–Crippen MR) is 86.9 cm³/mol. The number of anilines is 1. The lowest BCUT2D eigenvalue weighted by Crippen LogP contribution is -2.43. The highest BCUT2D eigenvalue weighted by molar-refractivity contribution is 6.35. The van der Waals surface area contributed by atoms with Crippen LogP contribution in [0.5, 0.6) is 0 Å². The Bertz CT molecular complexity index is 647. The summed E-state index contributed by atoms with van der Waals surface area (Å²) < 4.78 is 0. The summed E-state index contributed by atoms with van der Waals surface area (Å²) in [5.74, 6) is 0.693. The number of rotatable bonds is 2. The molecule has 0 spiro atoms. The molecule has 1 saturated heterocycles. The fraction of sp³-hybridized carbons (Fsp3) is 0.333. The first kappa shape index (κ1) is 14.6. The van der Waals surface area contributed by atoms with Crippen molar-refractivity contribution in [2.24, 2.45) is 5.73 Å². The second kappa shape index (κ2) is 6.18. The monoisotopic (exact) mass is 322 g/mol. The van der Waals surface area contributed by atoms with Gasteiger partial charge in [-0.2, -0.15) is 0 Å². The Morgan fingerprint density at radius 2 is 2.10 bits per heavy atom. The smallest absolute Gasteiger partial charge is 0.225 e. The third kappa shape index (κ3) is 3.28. The van der Waals surface area contributed by atoms with E-state index in [-0.39, 0.29) is 6.04 Å². The van der Waals surface area contributed by atoms with Crippen molar-refractivity contribution in [3.05, 3.63) is 40.5 Å². The van der Waals surface area contributed by atoms with E-state index in [9.17, 15) is 0 Å². The van der Waals surface area contributed by atoms with Gasteiger partial charge in [0.05, 0.1) is 10.7 Å². The molecule has 0 bridgehead atoms. The van der Waals surface area contributed by atoms with Crippen molar-refractivity contribution in [2.75, 3.05) is 18.0 Å². The van der Waals surface area contributed by atoms with E-state index < -0.39 is 0 Å². The summed E-state index contributed by atoms with van der Waals surface area (Å²) in [6.45, 7) is 1.72. The van der Waals surface area contributed by atoms with E-state index in [0.717, 1.165) is 37.2 Å². The van der Waals surface area contributed by atoms with Crippen molar-refractivity contribution in [1.82, 2.24) is 9.97 Å². The molecule has 1 aromatic carbocycles. The van der Waals surface area contributed by atoms with E-state index in [4.69, 9.17) is 28.9 Å². The van der Waals surface area contributed by atoms with Crippen LogP contribution in [0.1, 0.15) is 12.8 Å². The SMILES string of the molecule is NC1CCCN(c2nccc(-c3cc(Cl)ccc3Cl)n2)C1. The van der Waals surface area contributed by atoms with Gasteiger partial charge in [-0.15, -0.1) is 0 Å². The van der Waals surface area contributed by atoms with Crippen LogP contribution >= 0.6 is 23.2 Å². The minimum absolute atomic E-state index is 0.181. The molecular weight excluding hydrogens is 307 g/mol. The van der Waals surface area contributed by atoms with Crippen LogP contribution < -0.4 is 10.6 Å². The molecular formula is C15H16Cl2N4. The maximum absolute atomic E-state index is 6.24. The zero-order valence-corrected chi connectivity index (χ0v) is 13.0. The van der Waals surface area contributed by atoms with Gasteiger partial charge in [-0.3, -0.25) is 0 Å². The first-order valence-corrected chi connectivity index (χ1v) is 7.68. The highest BCUT2D eigenvalue weighted by atomic mass is 35.5. The van der Waals surface area contributed by atoms with Crippen molar-refractivity contribution in [3.8, 4) is 11.3 Å². The number of piperidine rings is 1. The summed E-state index contributed by atoms with van der Waals surface area (Å²) in [7, 11) is 0. The Morgan fingerprint density at radius 3 is 2.90 bits per heavy atom. The second-order valence-corrected chi connectivity index (χ2v) is 6.06. The minimum atomic E-state index is 0.181. The standard InChI is InChI=1S/C15H16Cl2N4/c16-10-3-4-13(17)12(8-10)14-5-6-19-15(20-14)21-7-1-2-11(18)9-21/h3-6,8,11H,1-2,7,9,18H2. The molecule has 2 N–H and O–H groups in total. The van der Waals surface area contributed by atoms with Gasteiger partial charge in [-0.1, -0.05) is 23.2 Å². The van der Waals surface area contributed by atoms with Gasteiger partial charge in [0.2, 0.25) is 5.95 Å². The Kier molecular flexibility index (Phi) is 4.29. The quantitative estimate of drug-likeness (QED) is 0.920. The average molecular weight is 323 g/mol. The van der Waals surface area contributed by atoms with Crippen LogP contribution in [0, 0.1) is 0 Å². The number of hydrogen-bond donors (Lipinski definition) is 1. The Labute approximate surface area is 133 Å². The molecule has 1 atom stereocenters. The molecule has 1 aliphatic heterocycles. The first-order valence-electron chi connectivity index (χ1n) is 6.92. The number of nitrogens with two attached hydrogens (primary N) is 1. The van der Waals surface area contributed by atoms with E-state index in [1.54, 1.807) is 18.3 Å². The van der Waals surface area contributed by atoms with Crippen molar-refractivity contribution in [1.29, 1.82) is 0 Å². The van der Waals surface area contributed by atoms with Crippen molar-refractivity contribution >= 4 is 29.2 Å². The van der Waals surface area contributed by atoms with Crippen LogP contribution in [0.2, 0.25) is 10.0 Å². The zero-order valence-electron chi connectivity index (χ0n) is 11.5. The molecule has 0 aliphatic carbocycles. The third-order valence-corrected chi connectivity index (χ3v) is 4.15. The largest absolute Gasteiger partial charge is 0.339 e. The van der Waals surface area contributed by atoms with Crippen molar-refractivity contribution in [2.45, 2.75) is 18.9 Å². The number of benzene rings is 1. The second-order valence-electron chi connectivity index (χ2n) is 5.21. The molecule has 2 aromatic rings. The third-order valence-electron chi connectivity index (χ3n) is 3.59. The van der Waals surface area contributed by atoms with Gasteiger partial charge in [0.15, 0.2) is 0 Å². The van der Waals surface area contributed by atoms with Gasteiger partial charge >= 0.3 is 0 Å². The molecule has 0 amide bonds. The Morgan fingerprint density at radius 1 is 1.24 bits per heavy atom. The molecule has 110 valence electrons. The van der Waals surface area contributed by atoms with Crippen LogP contribution in [0.25, 0.3) is 11.3 Å². The molecule has 0 radical (unpaired) electrons. The van der Waals surface area contributed by atoms with E-state index >= 15 is 0 Å². The summed E-state index contributed by atoms with van der Waals surface area (Å²) >= 11 is 12.3. The minimum Gasteiger partial charge on any atom is -0.339 e. The van der Waals surface area contributed by atoms with Gasteiger partial charge in [0.1, 0.15) is 0 Å². The number of halogens is 2. The molecule has 1 aromatic heterocycles. The van der Waals surface area contributed by atoms with Crippen LogP contribution in [-0.4, -0.2) is 29.1 Å². The summed E-state index contributed by atoms with van der Waals surface area (Å²) in [6.07, 6.45) is 3.86. The molecule has 1 fully saturated rings. The number of aromatic nitrogens is 2. The summed E-state index contributed by atoms with van der Waals surface area (Å²) in [4.78, 5) is 11.1. The van der Waals surface area contributed by atoms with E-state index in [1.807, 2.05) is 12.1 Å². The molecule has 0 saturated carbocycles. The van der Waals surface area contributed by atoms with Gasteiger partial charge in [0, 0.05) is 35.9 Å². The normalized spacial score (nSPS) is 18.8. The molecule has 21 heavy (non-hydrogen) atoms. The molecule has 4 nitrogen and oxygen atoms in total. The topological polar surface area (TPSA) is 55.0 Å². The van der Waals surface area contributed by atoms with Crippen LogP contribution in [0.15, 0.2) is 30.5 Å². The van der Waals surface area contributed by atoms with Gasteiger partial charge in [0.25, 0.3) is 0 Å². The Balaban J connectivity index is 1.94. The zero-order chi connectivity index (χ0) is 14.8. The Hall–Kier alpha value is -1.36. The molecule has 1 unspecified atom stereocenters. The lowest BCUT2D eigenvalue weighted by atomic mass is 10.1. The van der Waals surface area contributed by atoms with Crippen LogP contribution in [0.3, 0.4) is 0 Å². The molecule has 1 aliphatic rings. The van der Waals surface area contributed by atoms with Crippen LogP contribution in [-0.2, 0) is 0 Å². The highest BCUT2D eigenvalue weighted by Gasteiger charge is 2.19. The highest BCUT2D eigenvalue weighted by Crippen LogP contribution is 2.30. The maximum Gasteiger partial charge on any atom is 0.225 e. The van der Waals surface area contributed by atoms with E-state index in [1.165, 1.54) is 0 Å². The van der Waals surface area contributed by atoms with Gasteiger partial charge in [-0.25, -0.2) is 9.97 Å². The van der Waals surface area contributed by atoms with Gasteiger partial charge < -0.3 is 10.6 Å². The predicted octanol–water partition coefficient (Wildman–Crippen LogP) is 3.38. The summed E-state index contributed by atoms with van der Waals surface area (Å²) in [5.41, 5.74) is 7.60. The van der Waals surface area contributed by atoms with E-state index in [2.05, 4.69) is 14.9 Å². The molecule has 2 heterocycles. The number of hydrogen-bond acceptors (Lipinski definition) is 4. The van der Waals surface area contributed by atoms with Crippen molar-refractivity contribution < 1.29 is 0 Å². The fourth-order valence-corrected chi connectivity index (χ4v) is 2.92. The van der Waals surface area contributed by atoms with Crippen LogP contribution in [0.4, 0.5) is 5.95 Å². The molecule has 6 heteroatoms. The van der Waals surface area contributed by atoms with Crippen molar-refractivity contribution in [3.63, 3.8) is 0 Å².